The molecule has 0 fully saturated rings. The van der Waals surface area contributed by atoms with Gasteiger partial charge in [0.25, 0.3) is 11.8 Å². The van der Waals surface area contributed by atoms with Gasteiger partial charge in [-0.3, -0.25) is 14.5 Å². The molecule has 0 aromatic heterocycles. The van der Waals surface area contributed by atoms with Gasteiger partial charge < -0.3 is 15.3 Å². The fraction of sp³-hybridized carbons (Fsp3) is 0.556. The highest BCUT2D eigenvalue weighted by Gasteiger charge is 2.45. The standard InChI is InChI=1S/C9H13NO5/c1-6-2-7(14)10(8(6)15)9(3-11,4-12)5-13/h2,11-13H,3-5H2,1H3. The van der Waals surface area contributed by atoms with Crippen molar-refractivity contribution in [3.05, 3.63) is 11.6 Å². The Kier molecular flexibility index (Phi) is 3.23. The maximum atomic E-state index is 11.5. The number of rotatable bonds is 4. The zero-order valence-electron chi connectivity index (χ0n) is 8.30. The van der Waals surface area contributed by atoms with Crippen LogP contribution in [0.3, 0.4) is 0 Å². The summed E-state index contributed by atoms with van der Waals surface area (Å²) in [6, 6.07) is 0. The molecule has 0 aromatic rings. The van der Waals surface area contributed by atoms with E-state index >= 15 is 0 Å². The number of amides is 2. The minimum Gasteiger partial charge on any atom is -0.394 e. The summed E-state index contributed by atoms with van der Waals surface area (Å²) >= 11 is 0. The van der Waals surface area contributed by atoms with Crippen LogP contribution < -0.4 is 0 Å². The van der Waals surface area contributed by atoms with Crippen LogP contribution in [-0.4, -0.2) is 57.4 Å². The molecule has 0 saturated heterocycles. The molecular weight excluding hydrogens is 202 g/mol. The van der Waals surface area contributed by atoms with Crippen LogP contribution in [0.4, 0.5) is 0 Å². The Morgan fingerprint density at radius 3 is 1.93 bits per heavy atom. The molecule has 2 amide bonds. The molecule has 6 nitrogen and oxygen atoms in total. The molecule has 1 aliphatic rings. The number of aliphatic hydroxyl groups excluding tert-OH is 3. The van der Waals surface area contributed by atoms with Crippen LogP contribution >= 0.6 is 0 Å². The van der Waals surface area contributed by atoms with Crippen molar-refractivity contribution < 1.29 is 24.9 Å². The van der Waals surface area contributed by atoms with Gasteiger partial charge in [0.15, 0.2) is 0 Å². The first-order valence-electron chi connectivity index (χ1n) is 4.42. The molecule has 84 valence electrons. The van der Waals surface area contributed by atoms with Crippen molar-refractivity contribution in [3.8, 4) is 0 Å². The number of imide groups is 1. The summed E-state index contributed by atoms with van der Waals surface area (Å²) in [6.45, 7) is -0.590. The Labute approximate surface area is 86.4 Å². The van der Waals surface area contributed by atoms with Gasteiger partial charge in [0.05, 0.1) is 19.8 Å². The molecule has 1 aliphatic heterocycles. The van der Waals surface area contributed by atoms with Crippen LogP contribution in [0.1, 0.15) is 6.92 Å². The second-order valence-corrected chi connectivity index (χ2v) is 3.50. The summed E-state index contributed by atoms with van der Waals surface area (Å²) in [5.74, 6) is -1.23. The SMILES string of the molecule is CC1=CC(=O)N(C(CO)(CO)CO)C1=O. The molecule has 6 heteroatoms. The van der Waals surface area contributed by atoms with Crippen LogP contribution in [0.5, 0.6) is 0 Å². The van der Waals surface area contributed by atoms with Crippen LogP contribution in [0, 0.1) is 0 Å². The quantitative estimate of drug-likeness (QED) is 0.472. The third kappa shape index (κ3) is 1.67. The molecule has 3 N–H and O–H groups in total. The summed E-state index contributed by atoms with van der Waals surface area (Å²) in [5, 5.41) is 27.2. The monoisotopic (exact) mass is 215 g/mol. The van der Waals surface area contributed by atoms with E-state index in [1.807, 2.05) is 0 Å². The Balaban J connectivity index is 3.07. The van der Waals surface area contributed by atoms with E-state index in [-0.39, 0.29) is 5.57 Å². The highest BCUT2D eigenvalue weighted by atomic mass is 16.3. The van der Waals surface area contributed by atoms with Gasteiger partial charge in [-0.15, -0.1) is 0 Å². The zero-order chi connectivity index (χ0) is 11.6. The van der Waals surface area contributed by atoms with Crippen molar-refractivity contribution in [2.24, 2.45) is 0 Å². The Morgan fingerprint density at radius 2 is 1.67 bits per heavy atom. The lowest BCUT2D eigenvalue weighted by atomic mass is 10.0. The number of carbonyl (C=O) groups is 2. The second kappa shape index (κ2) is 4.09. The van der Waals surface area contributed by atoms with E-state index in [1.165, 1.54) is 6.92 Å². The number of carbonyl (C=O) groups excluding carboxylic acids is 2. The molecule has 0 aliphatic carbocycles. The van der Waals surface area contributed by atoms with Crippen molar-refractivity contribution >= 4 is 11.8 Å². The van der Waals surface area contributed by atoms with Gasteiger partial charge in [-0.05, 0) is 6.92 Å². The molecule has 0 atom stereocenters. The fourth-order valence-corrected chi connectivity index (χ4v) is 1.40. The largest absolute Gasteiger partial charge is 0.394 e. The fourth-order valence-electron chi connectivity index (χ4n) is 1.40. The first kappa shape index (κ1) is 11.8. The van der Waals surface area contributed by atoms with Crippen molar-refractivity contribution in [3.63, 3.8) is 0 Å². The molecule has 0 aromatic carbocycles. The third-order valence-corrected chi connectivity index (χ3v) is 2.46. The molecule has 1 rings (SSSR count). The average molecular weight is 215 g/mol. The van der Waals surface area contributed by atoms with Crippen LogP contribution in [-0.2, 0) is 9.59 Å². The Bertz CT molecular complexity index is 310. The van der Waals surface area contributed by atoms with E-state index in [0.29, 0.717) is 4.90 Å². The van der Waals surface area contributed by atoms with Crippen LogP contribution in [0.25, 0.3) is 0 Å². The van der Waals surface area contributed by atoms with Crippen molar-refractivity contribution in [1.82, 2.24) is 4.90 Å². The lowest BCUT2D eigenvalue weighted by molar-refractivity contribution is -0.152. The normalized spacial score (nSPS) is 17.3. The predicted molar refractivity (Wildman–Crippen MR) is 49.6 cm³/mol. The van der Waals surface area contributed by atoms with Gasteiger partial charge in [-0.2, -0.15) is 0 Å². The van der Waals surface area contributed by atoms with E-state index in [9.17, 15) is 9.59 Å². The zero-order valence-corrected chi connectivity index (χ0v) is 8.30. The molecule has 1 heterocycles. The molecule has 0 radical (unpaired) electrons. The van der Waals surface area contributed by atoms with Crippen LogP contribution in [0.2, 0.25) is 0 Å². The molecule has 0 saturated carbocycles. The Morgan fingerprint density at radius 1 is 1.20 bits per heavy atom. The summed E-state index contributed by atoms with van der Waals surface area (Å²) in [5.41, 5.74) is -1.40. The minimum absolute atomic E-state index is 0.222. The van der Waals surface area contributed by atoms with Crippen molar-refractivity contribution in [1.29, 1.82) is 0 Å². The second-order valence-electron chi connectivity index (χ2n) is 3.50. The van der Waals surface area contributed by atoms with Gasteiger partial charge >= 0.3 is 0 Å². The predicted octanol–water partition coefficient (Wildman–Crippen LogP) is -1.98. The molecule has 0 spiro atoms. The summed E-state index contributed by atoms with van der Waals surface area (Å²) < 4.78 is 0. The smallest absolute Gasteiger partial charge is 0.257 e. The van der Waals surface area contributed by atoms with Gasteiger partial charge in [0.1, 0.15) is 5.54 Å². The van der Waals surface area contributed by atoms with Crippen molar-refractivity contribution in [2.75, 3.05) is 19.8 Å². The molecular formula is C9H13NO5. The lowest BCUT2D eigenvalue weighted by Crippen LogP contribution is -2.59. The van der Waals surface area contributed by atoms with Crippen molar-refractivity contribution in [2.45, 2.75) is 12.5 Å². The third-order valence-electron chi connectivity index (χ3n) is 2.46. The van der Waals surface area contributed by atoms with E-state index in [4.69, 9.17) is 15.3 Å². The minimum atomic E-state index is -1.62. The molecule has 15 heavy (non-hydrogen) atoms. The topological polar surface area (TPSA) is 98.1 Å². The van der Waals surface area contributed by atoms with Gasteiger partial charge in [-0.1, -0.05) is 0 Å². The Hall–Kier alpha value is -1.24. The van der Waals surface area contributed by atoms with E-state index < -0.39 is 37.2 Å². The van der Waals surface area contributed by atoms with Gasteiger partial charge in [0.2, 0.25) is 0 Å². The summed E-state index contributed by atoms with van der Waals surface area (Å²) in [6.07, 6.45) is 1.11. The summed E-state index contributed by atoms with van der Waals surface area (Å²) in [7, 11) is 0. The maximum absolute atomic E-state index is 11.5. The highest BCUT2D eigenvalue weighted by Crippen LogP contribution is 2.22. The van der Waals surface area contributed by atoms with E-state index in [2.05, 4.69) is 0 Å². The number of aliphatic hydroxyl groups is 3. The van der Waals surface area contributed by atoms with Gasteiger partial charge in [0, 0.05) is 11.6 Å². The van der Waals surface area contributed by atoms with E-state index in [0.717, 1.165) is 6.08 Å². The maximum Gasteiger partial charge on any atom is 0.257 e. The number of hydrogen-bond donors (Lipinski definition) is 3. The van der Waals surface area contributed by atoms with Crippen LogP contribution in [0.15, 0.2) is 11.6 Å². The molecule has 0 unspecified atom stereocenters. The lowest BCUT2D eigenvalue weighted by Gasteiger charge is -2.35. The first-order chi connectivity index (χ1) is 7.02. The first-order valence-corrected chi connectivity index (χ1v) is 4.42. The highest BCUT2D eigenvalue weighted by molar-refractivity contribution is 6.16. The molecule has 0 bridgehead atoms. The summed E-state index contributed by atoms with van der Waals surface area (Å²) in [4.78, 5) is 23.7. The number of nitrogens with zero attached hydrogens (tertiary/aromatic N) is 1. The van der Waals surface area contributed by atoms with Gasteiger partial charge in [-0.25, -0.2) is 0 Å². The average Bonchev–Trinajstić information content (AvgIpc) is 2.48. The number of hydrogen-bond acceptors (Lipinski definition) is 5. The van der Waals surface area contributed by atoms with E-state index in [1.54, 1.807) is 0 Å².